The van der Waals surface area contributed by atoms with Crippen LogP contribution in [0.15, 0.2) is 35.7 Å². The lowest BCUT2D eigenvalue weighted by atomic mass is 10.2. The average molecular weight is 306 g/mol. The predicted octanol–water partition coefficient (Wildman–Crippen LogP) is 4.12. The van der Waals surface area contributed by atoms with Crippen molar-refractivity contribution in [2.24, 2.45) is 0 Å². The molecule has 0 aliphatic carbocycles. The number of hydrogen-bond acceptors (Lipinski definition) is 5. The summed E-state index contributed by atoms with van der Waals surface area (Å²) in [6.45, 7) is 0. The van der Waals surface area contributed by atoms with Gasteiger partial charge in [-0.25, -0.2) is 4.98 Å². The minimum absolute atomic E-state index is 0.254. The second-order valence-corrected chi connectivity index (χ2v) is 5.45. The number of nitrogens with zero attached hydrogens (tertiary/aromatic N) is 3. The Morgan fingerprint density at radius 3 is 2.90 bits per heavy atom. The molecule has 0 N–H and O–H groups in total. The topological polar surface area (TPSA) is 38.2 Å². The van der Waals surface area contributed by atoms with Crippen molar-refractivity contribution in [3.05, 3.63) is 41.0 Å². The Bertz CT molecular complexity index is 759. The molecule has 0 radical (unpaired) electrons. The maximum absolute atomic E-state index is 6.00. The number of methoxy groups -OCH3 is 1. The molecule has 0 unspecified atom stereocenters. The summed E-state index contributed by atoms with van der Waals surface area (Å²) in [6.07, 6.45) is 0. The van der Waals surface area contributed by atoms with Crippen molar-refractivity contribution >= 4 is 44.7 Å². The first kappa shape index (κ1) is 13.1. The molecule has 0 fully saturated rings. The molecule has 0 aliphatic heterocycles. The maximum Gasteiger partial charge on any atom is 0.225 e. The summed E-state index contributed by atoms with van der Waals surface area (Å²) >= 11 is 7.55. The SMILES string of the molecule is COc1cccc(N(C)c2nc(Cl)nc3sccc23)c1. The quantitative estimate of drug-likeness (QED) is 0.682. The highest BCUT2D eigenvalue weighted by atomic mass is 35.5. The van der Waals surface area contributed by atoms with E-state index in [-0.39, 0.29) is 5.28 Å². The van der Waals surface area contributed by atoms with Gasteiger partial charge >= 0.3 is 0 Å². The number of halogens is 1. The highest BCUT2D eigenvalue weighted by molar-refractivity contribution is 7.16. The van der Waals surface area contributed by atoms with Crippen molar-refractivity contribution in [2.75, 3.05) is 19.1 Å². The standard InChI is InChI=1S/C14H12ClN3OS/c1-18(9-4-3-5-10(8-9)19-2)12-11-6-7-20-13(11)17-14(15)16-12/h3-8H,1-2H3. The van der Waals surface area contributed by atoms with E-state index in [4.69, 9.17) is 16.3 Å². The van der Waals surface area contributed by atoms with Crippen LogP contribution in [0.1, 0.15) is 0 Å². The number of fused-ring (bicyclic) bond motifs is 1. The molecule has 3 rings (SSSR count). The summed E-state index contributed by atoms with van der Waals surface area (Å²) < 4.78 is 5.25. The molecule has 0 atom stereocenters. The number of rotatable bonds is 3. The summed E-state index contributed by atoms with van der Waals surface area (Å²) in [6, 6.07) is 9.80. The van der Waals surface area contributed by atoms with Crippen molar-refractivity contribution < 1.29 is 4.74 Å². The first-order valence-corrected chi connectivity index (χ1v) is 7.23. The molecule has 102 valence electrons. The van der Waals surface area contributed by atoms with Gasteiger partial charge in [0.1, 0.15) is 16.4 Å². The van der Waals surface area contributed by atoms with Gasteiger partial charge in [-0.05, 0) is 35.2 Å². The van der Waals surface area contributed by atoms with Gasteiger partial charge in [-0.1, -0.05) is 6.07 Å². The first-order chi connectivity index (χ1) is 9.69. The van der Waals surface area contributed by atoms with Crippen molar-refractivity contribution in [3.63, 3.8) is 0 Å². The van der Waals surface area contributed by atoms with E-state index < -0.39 is 0 Å². The van der Waals surface area contributed by atoms with Gasteiger partial charge in [0.25, 0.3) is 0 Å². The molecule has 0 bridgehead atoms. The molecule has 0 saturated carbocycles. The van der Waals surface area contributed by atoms with Crippen LogP contribution in [0.5, 0.6) is 5.75 Å². The molecule has 2 aromatic heterocycles. The number of thiophene rings is 1. The van der Waals surface area contributed by atoms with E-state index in [9.17, 15) is 0 Å². The van der Waals surface area contributed by atoms with Crippen LogP contribution in [-0.2, 0) is 0 Å². The molecular formula is C14H12ClN3OS. The van der Waals surface area contributed by atoms with Gasteiger partial charge in [0.2, 0.25) is 5.28 Å². The van der Waals surface area contributed by atoms with Crippen molar-refractivity contribution in [3.8, 4) is 5.75 Å². The normalized spacial score (nSPS) is 10.8. The lowest BCUT2D eigenvalue weighted by Crippen LogP contribution is -2.12. The molecule has 2 heterocycles. The Labute approximate surface area is 125 Å². The molecule has 4 nitrogen and oxygen atoms in total. The molecule has 0 aliphatic rings. The molecule has 6 heteroatoms. The third kappa shape index (κ3) is 2.30. The molecular weight excluding hydrogens is 294 g/mol. The van der Waals surface area contributed by atoms with E-state index in [2.05, 4.69) is 9.97 Å². The second-order valence-electron chi connectivity index (χ2n) is 4.22. The Morgan fingerprint density at radius 1 is 1.25 bits per heavy atom. The van der Waals surface area contributed by atoms with Gasteiger partial charge < -0.3 is 9.64 Å². The van der Waals surface area contributed by atoms with Crippen LogP contribution in [0.25, 0.3) is 10.2 Å². The fraction of sp³-hybridized carbons (Fsp3) is 0.143. The third-order valence-corrected chi connectivity index (χ3v) is 4.01. The largest absolute Gasteiger partial charge is 0.497 e. The first-order valence-electron chi connectivity index (χ1n) is 5.97. The molecule has 20 heavy (non-hydrogen) atoms. The zero-order valence-electron chi connectivity index (χ0n) is 11.0. The van der Waals surface area contributed by atoms with Crippen molar-refractivity contribution in [2.45, 2.75) is 0 Å². The molecule has 0 saturated heterocycles. The maximum atomic E-state index is 6.00. The fourth-order valence-corrected chi connectivity index (χ4v) is 2.98. The van der Waals surface area contributed by atoms with Crippen LogP contribution >= 0.6 is 22.9 Å². The van der Waals surface area contributed by atoms with E-state index in [0.717, 1.165) is 27.5 Å². The van der Waals surface area contributed by atoms with Crippen LogP contribution in [-0.4, -0.2) is 24.1 Å². The Morgan fingerprint density at radius 2 is 2.10 bits per heavy atom. The summed E-state index contributed by atoms with van der Waals surface area (Å²) in [4.78, 5) is 11.4. The second kappa shape index (κ2) is 5.26. The summed E-state index contributed by atoms with van der Waals surface area (Å²) in [5, 5.41) is 3.23. The summed E-state index contributed by atoms with van der Waals surface area (Å²) in [7, 11) is 3.60. The number of aromatic nitrogens is 2. The Balaban J connectivity index is 2.11. The van der Waals surface area contributed by atoms with Crippen LogP contribution in [0.2, 0.25) is 5.28 Å². The lowest BCUT2D eigenvalue weighted by molar-refractivity contribution is 0.415. The Hall–Kier alpha value is -1.85. The highest BCUT2D eigenvalue weighted by Crippen LogP contribution is 2.33. The Kier molecular flexibility index (Phi) is 3.46. The smallest absolute Gasteiger partial charge is 0.225 e. The lowest BCUT2D eigenvalue weighted by Gasteiger charge is -2.19. The van der Waals surface area contributed by atoms with Crippen molar-refractivity contribution in [1.82, 2.24) is 9.97 Å². The number of hydrogen-bond donors (Lipinski definition) is 0. The molecule has 0 spiro atoms. The molecule has 1 aromatic carbocycles. The zero-order valence-corrected chi connectivity index (χ0v) is 12.6. The van der Waals surface area contributed by atoms with Crippen LogP contribution in [0, 0.1) is 0 Å². The number of benzene rings is 1. The van der Waals surface area contributed by atoms with E-state index in [0.29, 0.717) is 0 Å². The highest BCUT2D eigenvalue weighted by Gasteiger charge is 2.13. The summed E-state index contributed by atoms with van der Waals surface area (Å²) in [5.74, 6) is 1.59. The number of anilines is 2. The molecule has 3 aromatic rings. The van der Waals surface area contributed by atoms with Crippen LogP contribution in [0.4, 0.5) is 11.5 Å². The van der Waals surface area contributed by atoms with E-state index >= 15 is 0 Å². The fourth-order valence-electron chi connectivity index (χ4n) is 2.01. The van der Waals surface area contributed by atoms with Gasteiger partial charge in [0.05, 0.1) is 12.5 Å². The third-order valence-electron chi connectivity index (χ3n) is 3.04. The number of ether oxygens (including phenoxy) is 1. The van der Waals surface area contributed by atoms with Gasteiger partial charge in [-0.3, -0.25) is 0 Å². The predicted molar refractivity (Wildman–Crippen MR) is 83.5 cm³/mol. The van der Waals surface area contributed by atoms with E-state index in [1.807, 2.05) is 47.7 Å². The van der Waals surface area contributed by atoms with E-state index in [1.165, 1.54) is 0 Å². The minimum atomic E-state index is 0.254. The van der Waals surface area contributed by atoms with Crippen molar-refractivity contribution in [1.29, 1.82) is 0 Å². The minimum Gasteiger partial charge on any atom is -0.497 e. The van der Waals surface area contributed by atoms with Gasteiger partial charge in [-0.2, -0.15) is 4.98 Å². The van der Waals surface area contributed by atoms with Gasteiger partial charge in [0, 0.05) is 18.8 Å². The van der Waals surface area contributed by atoms with Crippen LogP contribution < -0.4 is 9.64 Å². The van der Waals surface area contributed by atoms with Gasteiger partial charge in [-0.15, -0.1) is 11.3 Å². The van der Waals surface area contributed by atoms with Gasteiger partial charge in [0.15, 0.2) is 0 Å². The monoisotopic (exact) mass is 305 g/mol. The summed E-state index contributed by atoms with van der Waals surface area (Å²) in [5.41, 5.74) is 0.978. The average Bonchev–Trinajstić information content (AvgIpc) is 2.93. The zero-order chi connectivity index (χ0) is 14.1. The van der Waals surface area contributed by atoms with Crippen LogP contribution in [0.3, 0.4) is 0 Å². The molecule has 0 amide bonds. The van der Waals surface area contributed by atoms with E-state index in [1.54, 1.807) is 18.4 Å².